The van der Waals surface area contributed by atoms with Crippen molar-refractivity contribution in [3.05, 3.63) is 59.5 Å². The SMILES string of the molecule is CNC(=O)c1ccc(CNC(=O)N(C2CC2)[C@H](C)c2ccco2)cc1. The van der Waals surface area contributed by atoms with E-state index in [1.807, 2.05) is 36.1 Å². The third-order valence-corrected chi connectivity index (χ3v) is 4.43. The molecule has 2 aromatic rings. The van der Waals surface area contributed by atoms with E-state index in [0.717, 1.165) is 24.2 Å². The molecule has 3 amide bonds. The molecule has 2 N–H and O–H groups in total. The molecule has 1 aliphatic rings. The highest BCUT2D eigenvalue weighted by Crippen LogP contribution is 2.34. The second-order valence-electron chi connectivity index (χ2n) is 6.26. The van der Waals surface area contributed by atoms with Crippen molar-refractivity contribution >= 4 is 11.9 Å². The Morgan fingerprint density at radius 1 is 1.24 bits per heavy atom. The molecule has 1 aromatic heterocycles. The quantitative estimate of drug-likeness (QED) is 0.848. The van der Waals surface area contributed by atoms with Gasteiger partial charge in [-0.2, -0.15) is 0 Å². The summed E-state index contributed by atoms with van der Waals surface area (Å²) in [4.78, 5) is 26.1. The first-order valence-electron chi connectivity index (χ1n) is 8.50. The molecule has 0 aliphatic heterocycles. The van der Waals surface area contributed by atoms with E-state index >= 15 is 0 Å². The predicted molar refractivity (Wildman–Crippen MR) is 94.1 cm³/mol. The summed E-state index contributed by atoms with van der Waals surface area (Å²) in [5.41, 5.74) is 1.55. The molecular weight excluding hydrogens is 318 g/mol. The van der Waals surface area contributed by atoms with Crippen molar-refractivity contribution in [3.63, 3.8) is 0 Å². The molecule has 1 saturated carbocycles. The smallest absolute Gasteiger partial charge is 0.318 e. The Bertz CT molecular complexity index is 721. The first-order chi connectivity index (χ1) is 12.1. The monoisotopic (exact) mass is 341 g/mol. The van der Waals surface area contributed by atoms with Crippen LogP contribution in [0.3, 0.4) is 0 Å². The lowest BCUT2D eigenvalue weighted by Gasteiger charge is -2.28. The summed E-state index contributed by atoms with van der Waals surface area (Å²) in [6, 6.07) is 11.0. The Labute approximate surface area is 147 Å². The third-order valence-electron chi connectivity index (χ3n) is 4.43. The maximum Gasteiger partial charge on any atom is 0.318 e. The van der Waals surface area contributed by atoms with Gasteiger partial charge in [0.2, 0.25) is 0 Å². The van der Waals surface area contributed by atoms with Crippen molar-refractivity contribution < 1.29 is 14.0 Å². The van der Waals surface area contributed by atoms with Gasteiger partial charge in [-0.15, -0.1) is 0 Å². The van der Waals surface area contributed by atoms with Crippen LogP contribution >= 0.6 is 0 Å². The van der Waals surface area contributed by atoms with Gasteiger partial charge in [0, 0.05) is 25.2 Å². The van der Waals surface area contributed by atoms with E-state index in [9.17, 15) is 9.59 Å². The number of carbonyl (C=O) groups excluding carboxylic acids is 2. The van der Waals surface area contributed by atoms with E-state index in [4.69, 9.17) is 4.42 Å². The molecule has 1 aromatic carbocycles. The number of rotatable bonds is 6. The maximum atomic E-state index is 12.7. The largest absolute Gasteiger partial charge is 0.467 e. The van der Waals surface area contributed by atoms with Crippen molar-refractivity contribution in [1.29, 1.82) is 0 Å². The zero-order valence-electron chi connectivity index (χ0n) is 14.5. The minimum absolute atomic E-state index is 0.0956. The topological polar surface area (TPSA) is 74.6 Å². The van der Waals surface area contributed by atoms with E-state index in [1.165, 1.54) is 0 Å². The van der Waals surface area contributed by atoms with Crippen LogP contribution in [0.5, 0.6) is 0 Å². The van der Waals surface area contributed by atoms with E-state index in [2.05, 4.69) is 10.6 Å². The van der Waals surface area contributed by atoms with Crippen molar-refractivity contribution in [2.45, 2.75) is 38.4 Å². The standard InChI is InChI=1S/C19H23N3O3/c1-13(17-4-3-11-25-17)22(16-9-10-16)19(24)21-12-14-5-7-15(8-6-14)18(23)20-2/h3-8,11,13,16H,9-10,12H2,1-2H3,(H,20,23)(H,21,24)/t13-/m1/s1. The number of amides is 3. The Kier molecular flexibility index (Phi) is 5.07. The molecule has 6 heteroatoms. The van der Waals surface area contributed by atoms with Gasteiger partial charge in [0.1, 0.15) is 5.76 Å². The Hall–Kier alpha value is -2.76. The van der Waals surface area contributed by atoms with Crippen molar-refractivity contribution in [2.24, 2.45) is 0 Å². The average molecular weight is 341 g/mol. The number of nitrogens with one attached hydrogen (secondary N) is 2. The van der Waals surface area contributed by atoms with Crippen molar-refractivity contribution in [2.75, 3.05) is 7.05 Å². The van der Waals surface area contributed by atoms with Crippen LogP contribution in [0.15, 0.2) is 47.1 Å². The Balaban J connectivity index is 1.61. The summed E-state index contributed by atoms with van der Waals surface area (Å²) in [5, 5.41) is 5.56. The van der Waals surface area contributed by atoms with Crippen LogP contribution < -0.4 is 10.6 Å². The summed E-state index contributed by atoms with van der Waals surface area (Å²) < 4.78 is 5.45. The zero-order valence-corrected chi connectivity index (χ0v) is 14.5. The maximum absolute atomic E-state index is 12.7. The molecular formula is C19H23N3O3. The second kappa shape index (κ2) is 7.42. The van der Waals surface area contributed by atoms with E-state index in [0.29, 0.717) is 12.1 Å². The molecule has 3 rings (SSSR count). The lowest BCUT2D eigenvalue weighted by molar-refractivity contribution is 0.0963. The minimum atomic E-state index is -0.122. The fraction of sp³-hybridized carbons (Fsp3) is 0.368. The van der Waals surface area contributed by atoms with E-state index < -0.39 is 0 Å². The fourth-order valence-corrected chi connectivity index (χ4v) is 2.86. The molecule has 1 aliphatic carbocycles. The molecule has 132 valence electrons. The highest BCUT2D eigenvalue weighted by Gasteiger charge is 2.37. The molecule has 6 nitrogen and oxygen atoms in total. The summed E-state index contributed by atoms with van der Waals surface area (Å²) in [6.45, 7) is 2.40. The van der Waals surface area contributed by atoms with Gasteiger partial charge < -0.3 is 20.0 Å². The number of furan rings is 1. The number of benzene rings is 1. The zero-order chi connectivity index (χ0) is 17.8. The lowest BCUT2D eigenvalue weighted by Crippen LogP contribution is -2.42. The van der Waals surface area contributed by atoms with Gasteiger partial charge in [0.05, 0.1) is 12.3 Å². The van der Waals surface area contributed by atoms with Gasteiger partial charge in [-0.3, -0.25) is 4.79 Å². The summed E-state index contributed by atoms with van der Waals surface area (Å²) >= 11 is 0. The molecule has 25 heavy (non-hydrogen) atoms. The van der Waals surface area contributed by atoms with Crippen LogP contribution in [0.25, 0.3) is 0 Å². The highest BCUT2D eigenvalue weighted by molar-refractivity contribution is 5.93. The van der Waals surface area contributed by atoms with Crippen LogP contribution in [0, 0.1) is 0 Å². The fourth-order valence-electron chi connectivity index (χ4n) is 2.86. The minimum Gasteiger partial charge on any atom is -0.467 e. The predicted octanol–water partition coefficient (Wildman–Crippen LogP) is 3.07. The molecule has 1 atom stereocenters. The van der Waals surface area contributed by atoms with Crippen LogP contribution in [-0.2, 0) is 6.54 Å². The van der Waals surface area contributed by atoms with Gasteiger partial charge in [-0.25, -0.2) is 4.79 Å². The normalized spacial score (nSPS) is 14.6. The van der Waals surface area contributed by atoms with Gasteiger partial charge in [0.25, 0.3) is 5.91 Å². The third kappa shape index (κ3) is 4.02. The van der Waals surface area contributed by atoms with Gasteiger partial charge in [-0.05, 0) is 49.6 Å². The number of urea groups is 1. The summed E-state index contributed by atoms with van der Waals surface area (Å²) in [6.07, 6.45) is 3.68. The highest BCUT2D eigenvalue weighted by atomic mass is 16.3. The molecule has 0 bridgehead atoms. The molecule has 0 unspecified atom stereocenters. The van der Waals surface area contributed by atoms with Crippen LogP contribution in [0.1, 0.15) is 47.5 Å². The first-order valence-corrected chi connectivity index (χ1v) is 8.50. The van der Waals surface area contributed by atoms with Gasteiger partial charge in [0.15, 0.2) is 0 Å². The number of hydrogen-bond donors (Lipinski definition) is 2. The number of carbonyl (C=O) groups is 2. The van der Waals surface area contributed by atoms with Crippen LogP contribution in [0.2, 0.25) is 0 Å². The second-order valence-corrected chi connectivity index (χ2v) is 6.26. The average Bonchev–Trinajstić information content (AvgIpc) is 3.31. The van der Waals surface area contributed by atoms with Crippen LogP contribution in [0.4, 0.5) is 4.79 Å². The van der Waals surface area contributed by atoms with E-state index in [-0.39, 0.29) is 24.0 Å². The Morgan fingerprint density at radius 3 is 2.52 bits per heavy atom. The Morgan fingerprint density at radius 2 is 1.96 bits per heavy atom. The molecule has 0 radical (unpaired) electrons. The van der Waals surface area contributed by atoms with Gasteiger partial charge in [-0.1, -0.05) is 12.1 Å². The molecule has 1 fully saturated rings. The van der Waals surface area contributed by atoms with Crippen molar-refractivity contribution in [1.82, 2.24) is 15.5 Å². The molecule has 0 spiro atoms. The van der Waals surface area contributed by atoms with Crippen molar-refractivity contribution in [3.8, 4) is 0 Å². The summed E-state index contributed by atoms with van der Waals surface area (Å²) in [7, 11) is 1.60. The molecule has 1 heterocycles. The van der Waals surface area contributed by atoms with Crippen LogP contribution in [-0.4, -0.2) is 29.9 Å². The number of hydrogen-bond acceptors (Lipinski definition) is 3. The summed E-state index contributed by atoms with van der Waals surface area (Å²) in [5.74, 6) is 0.666. The van der Waals surface area contributed by atoms with E-state index in [1.54, 1.807) is 25.4 Å². The lowest BCUT2D eigenvalue weighted by atomic mass is 10.1. The molecule has 0 saturated heterocycles. The first kappa shape index (κ1) is 17.1. The number of nitrogens with zero attached hydrogens (tertiary/aromatic N) is 1. The van der Waals surface area contributed by atoms with Gasteiger partial charge >= 0.3 is 6.03 Å².